The molecule has 0 bridgehead atoms. The van der Waals surface area contributed by atoms with Gasteiger partial charge in [-0.05, 0) is 18.0 Å². The van der Waals surface area contributed by atoms with Crippen LogP contribution in [0.4, 0.5) is 0 Å². The minimum Gasteiger partial charge on any atom is -0.330 e. The smallest absolute Gasteiger partial charge is 0.00860 e. The highest BCUT2D eigenvalue weighted by molar-refractivity contribution is 7.10. The van der Waals surface area contributed by atoms with Crippen molar-refractivity contribution in [3.8, 4) is 0 Å². The van der Waals surface area contributed by atoms with E-state index < -0.39 is 0 Å². The maximum absolute atomic E-state index is 5.47. The highest BCUT2D eigenvalue weighted by Crippen LogP contribution is 2.18. The third-order valence-electron chi connectivity index (χ3n) is 1.38. The van der Waals surface area contributed by atoms with Gasteiger partial charge in [0, 0.05) is 10.8 Å². The van der Waals surface area contributed by atoms with Gasteiger partial charge in [0.15, 0.2) is 0 Å². The van der Waals surface area contributed by atoms with Crippen LogP contribution in [0.2, 0.25) is 0 Å². The van der Waals surface area contributed by atoms with Crippen LogP contribution in [0.1, 0.15) is 17.7 Å². The van der Waals surface area contributed by atoms with Crippen LogP contribution in [0, 0.1) is 0 Å². The van der Waals surface area contributed by atoms with Crippen LogP contribution < -0.4 is 5.73 Å². The molecule has 0 fully saturated rings. The molecule has 2 N–H and O–H groups in total. The molecule has 1 aromatic rings. The molecule has 1 atom stereocenters. The summed E-state index contributed by atoms with van der Waals surface area (Å²) in [5.74, 6) is 0.532. The predicted octanol–water partition coefficient (Wildman–Crippen LogP) is 1.81. The zero-order valence-corrected chi connectivity index (χ0v) is 6.32. The zero-order valence-electron chi connectivity index (χ0n) is 5.50. The Morgan fingerprint density at radius 3 is 3.00 bits per heavy atom. The van der Waals surface area contributed by atoms with Crippen molar-refractivity contribution in [2.24, 2.45) is 5.73 Å². The van der Waals surface area contributed by atoms with Crippen molar-refractivity contribution in [2.75, 3.05) is 6.54 Å². The van der Waals surface area contributed by atoms with Gasteiger partial charge in [-0.1, -0.05) is 13.0 Å². The van der Waals surface area contributed by atoms with Crippen LogP contribution >= 0.6 is 11.3 Å². The van der Waals surface area contributed by atoms with Crippen LogP contribution in [0.15, 0.2) is 17.5 Å². The summed E-state index contributed by atoms with van der Waals surface area (Å²) in [5, 5.41) is 2.08. The Labute approximate surface area is 59.5 Å². The average Bonchev–Trinajstić information content (AvgIpc) is 2.37. The van der Waals surface area contributed by atoms with Crippen molar-refractivity contribution in [3.05, 3.63) is 22.4 Å². The molecule has 1 nitrogen and oxygen atoms in total. The lowest BCUT2D eigenvalue weighted by molar-refractivity contribution is 0.790. The van der Waals surface area contributed by atoms with Crippen molar-refractivity contribution in [3.63, 3.8) is 0 Å². The standard InChI is InChI=1S/C7H11NS/c1-6(5-8)7-3-2-4-9-7/h2-4,6H,5,8H2,1H3/t6-/m0/s1. The summed E-state index contributed by atoms with van der Waals surface area (Å²) >= 11 is 1.78. The Balaban J connectivity index is 2.65. The van der Waals surface area contributed by atoms with E-state index in [2.05, 4.69) is 24.4 Å². The number of hydrogen-bond donors (Lipinski definition) is 1. The summed E-state index contributed by atoms with van der Waals surface area (Å²) in [6.07, 6.45) is 0. The molecule has 2 heteroatoms. The Kier molecular flexibility index (Phi) is 2.25. The van der Waals surface area contributed by atoms with E-state index in [1.165, 1.54) is 4.88 Å². The van der Waals surface area contributed by atoms with Gasteiger partial charge >= 0.3 is 0 Å². The summed E-state index contributed by atoms with van der Waals surface area (Å²) in [5.41, 5.74) is 5.47. The second-order valence-electron chi connectivity index (χ2n) is 2.15. The van der Waals surface area contributed by atoms with Gasteiger partial charge in [-0.2, -0.15) is 0 Å². The van der Waals surface area contributed by atoms with Crippen LogP contribution in [0.3, 0.4) is 0 Å². The van der Waals surface area contributed by atoms with E-state index in [-0.39, 0.29) is 0 Å². The molecule has 50 valence electrons. The Hall–Kier alpha value is -0.340. The average molecular weight is 141 g/mol. The van der Waals surface area contributed by atoms with Crippen molar-refractivity contribution in [2.45, 2.75) is 12.8 Å². The lowest BCUT2D eigenvalue weighted by Crippen LogP contribution is -2.06. The summed E-state index contributed by atoms with van der Waals surface area (Å²) in [7, 11) is 0. The van der Waals surface area contributed by atoms with Crippen molar-refractivity contribution >= 4 is 11.3 Å². The number of hydrogen-bond acceptors (Lipinski definition) is 2. The molecule has 0 unspecified atom stereocenters. The molecule has 0 aliphatic carbocycles. The Morgan fingerprint density at radius 2 is 2.56 bits per heavy atom. The number of thiophene rings is 1. The first-order valence-corrected chi connectivity index (χ1v) is 3.96. The van der Waals surface area contributed by atoms with E-state index in [9.17, 15) is 0 Å². The molecular weight excluding hydrogens is 130 g/mol. The van der Waals surface area contributed by atoms with Gasteiger partial charge in [0.05, 0.1) is 0 Å². The van der Waals surface area contributed by atoms with E-state index in [0.29, 0.717) is 5.92 Å². The fraction of sp³-hybridized carbons (Fsp3) is 0.429. The molecule has 0 aliphatic heterocycles. The Bertz CT molecular complexity index is 157. The zero-order chi connectivity index (χ0) is 6.69. The van der Waals surface area contributed by atoms with E-state index in [0.717, 1.165) is 6.54 Å². The van der Waals surface area contributed by atoms with Gasteiger partial charge in [-0.3, -0.25) is 0 Å². The first-order valence-electron chi connectivity index (χ1n) is 3.08. The summed E-state index contributed by atoms with van der Waals surface area (Å²) in [4.78, 5) is 1.39. The molecule has 0 spiro atoms. The van der Waals surface area contributed by atoms with E-state index in [1.54, 1.807) is 11.3 Å². The molecule has 0 saturated carbocycles. The topological polar surface area (TPSA) is 26.0 Å². The fourth-order valence-corrected chi connectivity index (χ4v) is 1.49. The molecule has 0 amide bonds. The maximum Gasteiger partial charge on any atom is 0.00860 e. The lowest BCUT2D eigenvalue weighted by Gasteiger charge is -2.02. The predicted molar refractivity (Wildman–Crippen MR) is 41.8 cm³/mol. The van der Waals surface area contributed by atoms with Crippen molar-refractivity contribution in [1.29, 1.82) is 0 Å². The number of nitrogens with two attached hydrogens (primary N) is 1. The molecule has 1 heterocycles. The normalized spacial score (nSPS) is 13.6. The van der Waals surface area contributed by atoms with Gasteiger partial charge in [-0.15, -0.1) is 11.3 Å². The maximum atomic E-state index is 5.47. The summed E-state index contributed by atoms with van der Waals surface area (Å²) in [6.45, 7) is 2.90. The third-order valence-corrected chi connectivity index (χ3v) is 2.49. The molecule has 1 rings (SSSR count). The second kappa shape index (κ2) is 2.99. The van der Waals surface area contributed by atoms with Gasteiger partial charge in [0.1, 0.15) is 0 Å². The van der Waals surface area contributed by atoms with E-state index in [1.807, 2.05) is 0 Å². The monoisotopic (exact) mass is 141 g/mol. The minimum absolute atomic E-state index is 0.532. The largest absolute Gasteiger partial charge is 0.330 e. The highest BCUT2D eigenvalue weighted by atomic mass is 32.1. The van der Waals surface area contributed by atoms with Gasteiger partial charge in [-0.25, -0.2) is 0 Å². The second-order valence-corrected chi connectivity index (χ2v) is 3.13. The van der Waals surface area contributed by atoms with Crippen molar-refractivity contribution in [1.82, 2.24) is 0 Å². The molecular formula is C7H11NS. The molecule has 0 aromatic carbocycles. The van der Waals surface area contributed by atoms with E-state index in [4.69, 9.17) is 5.73 Å². The summed E-state index contributed by atoms with van der Waals surface area (Å²) in [6, 6.07) is 4.19. The number of rotatable bonds is 2. The van der Waals surface area contributed by atoms with Crippen molar-refractivity contribution < 1.29 is 0 Å². The molecule has 1 aromatic heterocycles. The van der Waals surface area contributed by atoms with Crippen LogP contribution in [-0.4, -0.2) is 6.54 Å². The van der Waals surface area contributed by atoms with Crippen LogP contribution in [0.5, 0.6) is 0 Å². The van der Waals surface area contributed by atoms with Gasteiger partial charge in [0.2, 0.25) is 0 Å². The lowest BCUT2D eigenvalue weighted by atomic mass is 10.1. The van der Waals surface area contributed by atoms with Crippen LogP contribution in [0.25, 0.3) is 0 Å². The van der Waals surface area contributed by atoms with Gasteiger partial charge in [0.25, 0.3) is 0 Å². The molecule has 0 radical (unpaired) electrons. The quantitative estimate of drug-likeness (QED) is 0.668. The molecule has 0 saturated heterocycles. The molecule has 9 heavy (non-hydrogen) atoms. The first kappa shape index (κ1) is 6.78. The Morgan fingerprint density at radius 1 is 1.78 bits per heavy atom. The first-order chi connectivity index (χ1) is 4.34. The SMILES string of the molecule is C[C@@H](CN)c1cccs1. The van der Waals surface area contributed by atoms with Crippen LogP contribution in [-0.2, 0) is 0 Å². The third kappa shape index (κ3) is 1.53. The van der Waals surface area contributed by atoms with E-state index >= 15 is 0 Å². The highest BCUT2D eigenvalue weighted by Gasteiger charge is 2.01. The fourth-order valence-electron chi connectivity index (χ4n) is 0.688. The van der Waals surface area contributed by atoms with Gasteiger partial charge < -0.3 is 5.73 Å². The molecule has 0 aliphatic rings. The minimum atomic E-state index is 0.532. The summed E-state index contributed by atoms with van der Waals surface area (Å²) < 4.78 is 0.